The number of carbonyl (C=O) groups is 2. The van der Waals surface area contributed by atoms with Gasteiger partial charge in [-0.05, 0) is 83.5 Å². The molecule has 1 unspecified atom stereocenters. The molecule has 0 aliphatic heterocycles. The van der Waals surface area contributed by atoms with Gasteiger partial charge in [0.15, 0.2) is 6.10 Å². The first-order chi connectivity index (χ1) is 33.6. The van der Waals surface area contributed by atoms with E-state index >= 15 is 0 Å². The molecule has 394 valence electrons. The molecule has 0 heterocycles. The second-order valence-corrected chi connectivity index (χ2v) is 19.5. The van der Waals surface area contributed by atoms with Gasteiger partial charge in [0.05, 0.1) is 6.61 Å². The summed E-state index contributed by atoms with van der Waals surface area (Å²) in [5.74, 6) is -0.409. The molecule has 0 amide bonds. The van der Waals surface area contributed by atoms with Gasteiger partial charge in [-0.2, -0.15) is 0 Å². The minimum absolute atomic E-state index is 0.0759. The van der Waals surface area contributed by atoms with Crippen LogP contribution in [0.2, 0.25) is 0 Å². The highest BCUT2D eigenvalue weighted by Gasteiger charge is 2.17. The lowest BCUT2D eigenvalue weighted by Crippen LogP contribution is -2.30. The van der Waals surface area contributed by atoms with Gasteiger partial charge in [0, 0.05) is 19.4 Å². The Bertz CT molecular complexity index is 1210. The van der Waals surface area contributed by atoms with Gasteiger partial charge in [-0.3, -0.25) is 9.59 Å². The summed E-state index contributed by atoms with van der Waals surface area (Å²) in [7, 11) is 0. The number of rotatable bonds is 54. The van der Waals surface area contributed by atoms with Crippen molar-refractivity contribution in [2.45, 2.75) is 297 Å². The SMILES string of the molecule is CC/C=C\C/C=C\C/C=C\C/C=C\CCCCCCCCCOCC(COC(=O)CCCCCCCCCCCCCCCCCCCCC)OC(=O)CCCCCCC/C=C\C/C=C\CCC. The molecule has 5 nitrogen and oxygen atoms in total. The summed E-state index contributed by atoms with van der Waals surface area (Å²) in [6.07, 6.45) is 76.4. The van der Waals surface area contributed by atoms with Crippen LogP contribution >= 0.6 is 0 Å². The fourth-order valence-electron chi connectivity index (χ4n) is 8.36. The molecule has 0 saturated heterocycles. The lowest BCUT2D eigenvalue weighted by atomic mass is 10.0. The number of esters is 2. The summed E-state index contributed by atoms with van der Waals surface area (Å²) in [4.78, 5) is 25.5. The summed E-state index contributed by atoms with van der Waals surface area (Å²) in [6, 6.07) is 0. The van der Waals surface area contributed by atoms with Crippen LogP contribution in [0, 0.1) is 0 Å². The normalized spacial score (nSPS) is 12.7. The third-order valence-corrected chi connectivity index (χ3v) is 12.7. The molecular formula is C63H112O5. The van der Waals surface area contributed by atoms with E-state index in [4.69, 9.17) is 14.2 Å². The molecular weight excluding hydrogens is 837 g/mol. The number of hydrogen-bond acceptors (Lipinski definition) is 5. The van der Waals surface area contributed by atoms with E-state index in [1.54, 1.807) is 0 Å². The minimum atomic E-state index is -0.551. The zero-order valence-electron chi connectivity index (χ0n) is 45.4. The molecule has 0 aromatic heterocycles. The van der Waals surface area contributed by atoms with Crippen LogP contribution in [0.25, 0.3) is 0 Å². The fraction of sp³-hybridized carbons (Fsp3) is 0.778. The van der Waals surface area contributed by atoms with Gasteiger partial charge >= 0.3 is 11.9 Å². The summed E-state index contributed by atoms with van der Waals surface area (Å²) in [5, 5.41) is 0. The largest absolute Gasteiger partial charge is 0.462 e. The average Bonchev–Trinajstić information content (AvgIpc) is 3.34. The van der Waals surface area contributed by atoms with E-state index < -0.39 is 6.10 Å². The van der Waals surface area contributed by atoms with Crippen LogP contribution in [-0.4, -0.2) is 37.9 Å². The van der Waals surface area contributed by atoms with Crippen LogP contribution in [0.1, 0.15) is 290 Å². The first-order valence-corrected chi connectivity index (χ1v) is 29.5. The number of allylic oxidation sites excluding steroid dienone is 12. The molecule has 0 aromatic rings. The highest BCUT2D eigenvalue weighted by Crippen LogP contribution is 2.16. The molecule has 0 N–H and O–H groups in total. The Kier molecular flexibility index (Phi) is 56.4. The predicted molar refractivity (Wildman–Crippen MR) is 297 cm³/mol. The third kappa shape index (κ3) is 55.9. The van der Waals surface area contributed by atoms with E-state index in [1.807, 2.05) is 0 Å². The molecule has 0 rings (SSSR count). The molecule has 0 spiro atoms. The van der Waals surface area contributed by atoms with Crippen molar-refractivity contribution in [2.24, 2.45) is 0 Å². The van der Waals surface area contributed by atoms with E-state index in [9.17, 15) is 9.59 Å². The average molecular weight is 950 g/mol. The van der Waals surface area contributed by atoms with Crippen molar-refractivity contribution in [3.8, 4) is 0 Å². The second kappa shape index (κ2) is 58.7. The van der Waals surface area contributed by atoms with Crippen molar-refractivity contribution in [3.05, 3.63) is 72.9 Å². The Morgan fingerprint density at radius 1 is 0.338 bits per heavy atom. The maximum absolute atomic E-state index is 12.8. The van der Waals surface area contributed by atoms with E-state index in [2.05, 4.69) is 93.7 Å². The first kappa shape index (κ1) is 65.3. The van der Waals surface area contributed by atoms with Crippen molar-refractivity contribution >= 4 is 11.9 Å². The molecule has 0 radical (unpaired) electrons. The van der Waals surface area contributed by atoms with Crippen molar-refractivity contribution in [1.29, 1.82) is 0 Å². The van der Waals surface area contributed by atoms with Crippen molar-refractivity contribution < 1.29 is 23.8 Å². The summed E-state index contributed by atoms with van der Waals surface area (Å²) < 4.78 is 17.5. The van der Waals surface area contributed by atoms with Gasteiger partial charge in [0.25, 0.3) is 0 Å². The van der Waals surface area contributed by atoms with Crippen molar-refractivity contribution in [2.75, 3.05) is 19.8 Å². The van der Waals surface area contributed by atoms with Crippen LogP contribution in [0.4, 0.5) is 0 Å². The molecule has 1 atom stereocenters. The molecule has 68 heavy (non-hydrogen) atoms. The van der Waals surface area contributed by atoms with Crippen LogP contribution in [0.5, 0.6) is 0 Å². The fourth-order valence-corrected chi connectivity index (χ4v) is 8.36. The number of carbonyl (C=O) groups excluding carboxylic acids is 2. The Labute approximate surface area is 423 Å². The van der Waals surface area contributed by atoms with E-state index in [-0.39, 0.29) is 25.2 Å². The summed E-state index contributed by atoms with van der Waals surface area (Å²) >= 11 is 0. The van der Waals surface area contributed by atoms with Crippen molar-refractivity contribution in [1.82, 2.24) is 0 Å². The highest BCUT2D eigenvalue weighted by atomic mass is 16.6. The Hall–Kier alpha value is -2.66. The van der Waals surface area contributed by atoms with Gasteiger partial charge in [-0.1, -0.05) is 267 Å². The maximum Gasteiger partial charge on any atom is 0.306 e. The quantitative estimate of drug-likeness (QED) is 0.0345. The lowest BCUT2D eigenvalue weighted by molar-refractivity contribution is -0.163. The zero-order chi connectivity index (χ0) is 49.2. The van der Waals surface area contributed by atoms with Gasteiger partial charge in [-0.25, -0.2) is 0 Å². The number of unbranched alkanes of at least 4 members (excludes halogenated alkanes) is 31. The van der Waals surface area contributed by atoms with Crippen LogP contribution < -0.4 is 0 Å². The Morgan fingerprint density at radius 3 is 1.12 bits per heavy atom. The monoisotopic (exact) mass is 949 g/mol. The first-order valence-electron chi connectivity index (χ1n) is 29.5. The van der Waals surface area contributed by atoms with Crippen LogP contribution in [-0.2, 0) is 23.8 Å². The van der Waals surface area contributed by atoms with Crippen molar-refractivity contribution in [3.63, 3.8) is 0 Å². The molecule has 0 saturated carbocycles. The van der Waals surface area contributed by atoms with Gasteiger partial charge in [0.1, 0.15) is 6.61 Å². The number of ether oxygens (including phenoxy) is 3. The minimum Gasteiger partial charge on any atom is -0.462 e. The second-order valence-electron chi connectivity index (χ2n) is 19.5. The molecule has 0 aliphatic rings. The Morgan fingerprint density at radius 2 is 0.691 bits per heavy atom. The zero-order valence-corrected chi connectivity index (χ0v) is 45.4. The summed E-state index contributed by atoms with van der Waals surface area (Å²) in [6.45, 7) is 7.65. The summed E-state index contributed by atoms with van der Waals surface area (Å²) in [5.41, 5.74) is 0. The third-order valence-electron chi connectivity index (χ3n) is 12.7. The van der Waals surface area contributed by atoms with Gasteiger partial charge in [-0.15, -0.1) is 0 Å². The predicted octanol–water partition coefficient (Wildman–Crippen LogP) is 20.2. The number of hydrogen-bond donors (Lipinski definition) is 0. The van der Waals surface area contributed by atoms with Gasteiger partial charge in [0.2, 0.25) is 0 Å². The van der Waals surface area contributed by atoms with Crippen LogP contribution in [0.3, 0.4) is 0 Å². The highest BCUT2D eigenvalue weighted by molar-refractivity contribution is 5.70. The topological polar surface area (TPSA) is 61.8 Å². The van der Waals surface area contributed by atoms with Crippen LogP contribution in [0.15, 0.2) is 72.9 Å². The molecule has 0 fully saturated rings. The van der Waals surface area contributed by atoms with E-state index in [0.717, 1.165) is 83.5 Å². The molecule has 0 aliphatic carbocycles. The standard InChI is InChI=1S/C63H112O5/c1-4-7-10-13-16-19-22-25-27-29-31-33-35-37-40-43-46-49-52-55-58-66-59-61(68-63(65)57-54-51-48-45-42-38-24-21-18-15-12-9-6-3)60-67-62(64)56-53-50-47-44-41-39-36-34-32-30-28-26-23-20-17-14-11-8-5-2/h7,10,12,15-16,19,21,24-25,27,31,33,61H,4-6,8-9,11,13-14,17-18,20,22-23,26,28-30,32,34-60H2,1-3H3/b10-7-,15-12-,19-16-,24-21-,27-25-,33-31-. The van der Waals surface area contributed by atoms with Gasteiger partial charge < -0.3 is 14.2 Å². The maximum atomic E-state index is 12.8. The molecule has 0 bridgehead atoms. The molecule has 5 heteroatoms. The van der Waals surface area contributed by atoms with E-state index in [0.29, 0.717) is 19.4 Å². The van der Waals surface area contributed by atoms with E-state index in [1.165, 1.54) is 173 Å². The lowest BCUT2D eigenvalue weighted by Gasteiger charge is -2.18. The smallest absolute Gasteiger partial charge is 0.306 e. The Balaban J connectivity index is 4.25. The molecule has 0 aromatic carbocycles.